The SMILES string of the molecule is NCCCCCCC(=O)N1CCN(c2ccc(S(N)(=O)=O)cc2)CC1. The van der Waals surface area contributed by atoms with Crippen LogP contribution in [0, 0.1) is 0 Å². The number of unbranched alkanes of at least 4 members (excludes halogenated alkanes) is 3. The molecule has 0 spiro atoms. The smallest absolute Gasteiger partial charge is 0.238 e. The van der Waals surface area contributed by atoms with Crippen molar-refractivity contribution in [2.75, 3.05) is 37.6 Å². The molecular weight excluding hydrogens is 340 g/mol. The Morgan fingerprint density at radius 2 is 1.56 bits per heavy atom. The van der Waals surface area contributed by atoms with Crippen LogP contribution in [0.3, 0.4) is 0 Å². The Hall–Kier alpha value is -1.64. The molecule has 140 valence electrons. The lowest BCUT2D eigenvalue weighted by Gasteiger charge is -2.36. The minimum Gasteiger partial charge on any atom is -0.368 e. The van der Waals surface area contributed by atoms with E-state index in [1.54, 1.807) is 12.1 Å². The van der Waals surface area contributed by atoms with Gasteiger partial charge in [0.25, 0.3) is 0 Å². The molecule has 1 aromatic carbocycles. The lowest BCUT2D eigenvalue weighted by Crippen LogP contribution is -2.48. The number of hydrogen-bond acceptors (Lipinski definition) is 5. The Balaban J connectivity index is 1.78. The Morgan fingerprint density at radius 1 is 0.960 bits per heavy atom. The predicted octanol–water partition coefficient (Wildman–Crippen LogP) is 0.892. The third kappa shape index (κ3) is 5.98. The molecule has 0 aliphatic carbocycles. The van der Waals surface area contributed by atoms with Gasteiger partial charge >= 0.3 is 0 Å². The molecule has 1 aromatic rings. The maximum absolute atomic E-state index is 12.2. The van der Waals surface area contributed by atoms with Crippen LogP contribution in [0.5, 0.6) is 0 Å². The number of hydrogen-bond donors (Lipinski definition) is 2. The highest BCUT2D eigenvalue weighted by Crippen LogP contribution is 2.19. The second kappa shape index (κ2) is 9.17. The Morgan fingerprint density at radius 3 is 2.12 bits per heavy atom. The van der Waals surface area contributed by atoms with Crippen molar-refractivity contribution >= 4 is 21.6 Å². The number of primary sulfonamides is 1. The van der Waals surface area contributed by atoms with Crippen LogP contribution >= 0.6 is 0 Å². The van der Waals surface area contributed by atoms with Crippen LogP contribution in [0.1, 0.15) is 32.1 Å². The van der Waals surface area contributed by atoms with Gasteiger partial charge in [-0.05, 0) is 43.7 Å². The molecule has 0 unspecified atom stereocenters. The van der Waals surface area contributed by atoms with Gasteiger partial charge in [-0.15, -0.1) is 0 Å². The van der Waals surface area contributed by atoms with Gasteiger partial charge in [-0.1, -0.05) is 12.8 Å². The number of benzene rings is 1. The average Bonchev–Trinajstić information content (AvgIpc) is 2.61. The average molecular weight is 369 g/mol. The fourth-order valence-electron chi connectivity index (χ4n) is 2.99. The maximum atomic E-state index is 12.2. The summed E-state index contributed by atoms with van der Waals surface area (Å²) in [4.78, 5) is 16.4. The molecule has 8 heteroatoms. The number of piperazine rings is 1. The van der Waals surface area contributed by atoms with Crippen LogP contribution in [0.25, 0.3) is 0 Å². The summed E-state index contributed by atoms with van der Waals surface area (Å²) >= 11 is 0. The minimum absolute atomic E-state index is 0.111. The van der Waals surface area contributed by atoms with Gasteiger partial charge in [-0.3, -0.25) is 4.79 Å². The maximum Gasteiger partial charge on any atom is 0.238 e. The summed E-state index contributed by atoms with van der Waals surface area (Å²) in [5.41, 5.74) is 6.41. The number of carbonyl (C=O) groups excluding carboxylic acids is 1. The van der Waals surface area contributed by atoms with Gasteiger partial charge in [0.2, 0.25) is 15.9 Å². The molecule has 0 saturated carbocycles. The van der Waals surface area contributed by atoms with Crippen LogP contribution in [-0.4, -0.2) is 51.9 Å². The summed E-state index contributed by atoms with van der Waals surface area (Å²) in [7, 11) is -3.66. The van der Waals surface area contributed by atoms with E-state index in [9.17, 15) is 13.2 Å². The highest BCUT2D eigenvalue weighted by molar-refractivity contribution is 7.89. The minimum atomic E-state index is -3.66. The predicted molar refractivity (Wildman–Crippen MR) is 98.7 cm³/mol. The van der Waals surface area contributed by atoms with Crippen molar-refractivity contribution in [3.63, 3.8) is 0 Å². The van der Waals surface area contributed by atoms with E-state index < -0.39 is 10.0 Å². The highest BCUT2D eigenvalue weighted by Gasteiger charge is 2.21. The number of rotatable bonds is 8. The zero-order chi connectivity index (χ0) is 18.3. The van der Waals surface area contributed by atoms with Crippen LogP contribution < -0.4 is 15.8 Å². The van der Waals surface area contributed by atoms with Crippen molar-refractivity contribution in [3.05, 3.63) is 24.3 Å². The normalized spacial score (nSPS) is 15.4. The molecule has 1 heterocycles. The number of anilines is 1. The van der Waals surface area contributed by atoms with Crippen LogP contribution in [-0.2, 0) is 14.8 Å². The molecule has 1 amide bonds. The van der Waals surface area contributed by atoms with Crippen molar-refractivity contribution in [1.29, 1.82) is 0 Å². The summed E-state index contributed by atoms with van der Waals surface area (Å²) in [6.07, 6.45) is 4.70. The molecule has 1 aliphatic heterocycles. The van der Waals surface area contributed by atoms with Crippen LogP contribution in [0.15, 0.2) is 29.2 Å². The Bertz CT molecular complexity index is 653. The number of nitrogens with two attached hydrogens (primary N) is 2. The van der Waals surface area contributed by atoms with Gasteiger partial charge in [0.05, 0.1) is 4.90 Å². The van der Waals surface area contributed by atoms with E-state index >= 15 is 0 Å². The zero-order valence-corrected chi connectivity index (χ0v) is 15.4. The monoisotopic (exact) mass is 368 g/mol. The van der Waals surface area contributed by atoms with E-state index in [0.717, 1.165) is 44.5 Å². The number of amides is 1. The number of carbonyl (C=O) groups is 1. The van der Waals surface area contributed by atoms with E-state index in [0.29, 0.717) is 26.1 Å². The van der Waals surface area contributed by atoms with Gasteiger partial charge in [-0.25, -0.2) is 13.6 Å². The lowest BCUT2D eigenvalue weighted by molar-refractivity contribution is -0.131. The Kier molecular flexibility index (Phi) is 7.22. The molecule has 7 nitrogen and oxygen atoms in total. The summed E-state index contributed by atoms with van der Waals surface area (Å²) in [6.45, 7) is 3.59. The highest BCUT2D eigenvalue weighted by atomic mass is 32.2. The van der Waals surface area contributed by atoms with Gasteiger partial charge in [0.1, 0.15) is 0 Å². The first-order valence-corrected chi connectivity index (χ1v) is 10.3. The van der Waals surface area contributed by atoms with Gasteiger partial charge in [0, 0.05) is 38.3 Å². The molecule has 0 aromatic heterocycles. The van der Waals surface area contributed by atoms with E-state index in [-0.39, 0.29) is 10.8 Å². The molecule has 4 N–H and O–H groups in total. The standard InChI is InChI=1S/C17H28N4O3S/c18-10-4-2-1-3-5-17(22)21-13-11-20(12-14-21)15-6-8-16(9-7-15)25(19,23)24/h6-9H,1-5,10-14,18H2,(H2,19,23,24). The first kappa shape index (κ1) is 19.7. The van der Waals surface area contributed by atoms with Crippen LogP contribution in [0.2, 0.25) is 0 Å². The second-order valence-electron chi connectivity index (χ2n) is 6.36. The molecule has 1 saturated heterocycles. The fraction of sp³-hybridized carbons (Fsp3) is 0.588. The first-order chi connectivity index (χ1) is 11.9. The van der Waals surface area contributed by atoms with Gasteiger partial charge < -0.3 is 15.5 Å². The van der Waals surface area contributed by atoms with E-state index in [2.05, 4.69) is 4.90 Å². The zero-order valence-electron chi connectivity index (χ0n) is 14.6. The van der Waals surface area contributed by atoms with Crippen molar-refractivity contribution in [2.24, 2.45) is 10.9 Å². The van der Waals surface area contributed by atoms with E-state index in [1.165, 1.54) is 12.1 Å². The topological polar surface area (TPSA) is 110 Å². The summed E-state index contributed by atoms with van der Waals surface area (Å²) < 4.78 is 22.6. The summed E-state index contributed by atoms with van der Waals surface area (Å²) in [6, 6.07) is 6.55. The second-order valence-corrected chi connectivity index (χ2v) is 7.92. The molecule has 0 radical (unpaired) electrons. The molecular formula is C17H28N4O3S. The van der Waals surface area contributed by atoms with Crippen molar-refractivity contribution in [3.8, 4) is 0 Å². The van der Waals surface area contributed by atoms with E-state index in [4.69, 9.17) is 10.9 Å². The van der Waals surface area contributed by atoms with Crippen molar-refractivity contribution < 1.29 is 13.2 Å². The fourth-order valence-corrected chi connectivity index (χ4v) is 3.51. The molecule has 25 heavy (non-hydrogen) atoms. The first-order valence-electron chi connectivity index (χ1n) is 8.77. The lowest BCUT2D eigenvalue weighted by atomic mass is 10.1. The molecule has 0 bridgehead atoms. The van der Waals surface area contributed by atoms with E-state index in [1.807, 2.05) is 4.90 Å². The van der Waals surface area contributed by atoms with Gasteiger partial charge in [0.15, 0.2) is 0 Å². The number of nitrogens with zero attached hydrogens (tertiary/aromatic N) is 2. The van der Waals surface area contributed by atoms with Crippen LogP contribution in [0.4, 0.5) is 5.69 Å². The molecule has 1 fully saturated rings. The molecule has 2 rings (SSSR count). The Labute approximate surface area is 150 Å². The number of sulfonamides is 1. The van der Waals surface area contributed by atoms with Gasteiger partial charge in [-0.2, -0.15) is 0 Å². The summed E-state index contributed by atoms with van der Waals surface area (Å²) in [5.74, 6) is 0.219. The summed E-state index contributed by atoms with van der Waals surface area (Å²) in [5, 5.41) is 5.11. The largest absolute Gasteiger partial charge is 0.368 e. The van der Waals surface area contributed by atoms with Crippen molar-refractivity contribution in [1.82, 2.24) is 4.90 Å². The third-order valence-electron chi connectivity index (χ3n) is 4.51. The molecule has 1 aliphatic rings. The quantitative estimate of drug-likeness (QED) is 0.662. The molecule has 0 atom stereocenters. The van der Waals surface area contributed by atoms with Crippen molar-refractivity contribution in [2.45, 2.75) is 37.0 Å². The third-order valence-corrected chi connectivity index (χ3v) is 5.44.